The van der Waals surface area contributed by atoms with E-state index in [2.05, 4.69) is 5.32 Å². The van der Waals surface area contributed by atoms with E-state index >= 15 is 0 Å². The van der Waals surface area contributed by atoms with Crippen LogP contribution in [0.2, 0.25) is 0 Å². The molecule has 1 fully saturated rings. The summed E-state index contributed by atoms with van der Waals surface area (Å²) in [4.78, 5) is 26.3. The van der Waals surface area contributed by atoms with Gasteiger partial charge in [0.25, 0.3) is 0 Å². The minimum atomic E-state index is -3.55. The molecule has 0 unspecified atom stereocenters. The third kappa shape index (κ3) is 6.25. The molecule has 0 atom stereocenters. The molecule has 2 rings (SSSR count). The lowest BCUT2D eigenvalue weighted by Gasteiger charge is -2.30. The van der Waals surface area contributed by atoms with Gasteiger partial charge >= 0.3 is 5.97 Å². The molecule has 0 spiro atoms. The minimum Gasteiger partial charge on any atom is -0.466 e. The van der Waals surface area contributed by atoms with Crippen molar-refractivity contribution in [3.8, 4) is 0 Å². The van der Waals surface area contributed by atoms with Crippen LogP contribution in [0, 0.1) is 5.92 Å². The number of sulfonamides is 1. The van der Waals surface area contributed by atoms with E-state index in [-0.39, 0.29) is 35.3 Å². The Bertz CT molecular complexity index is 800. The van der Waals surface area contributed by atoms with Crippen LogP contribution < -0.4 is 5.32 Å². The SMILES string of the molecule is CCOC(=O)C1CCN(CC(=O)Nc2ccc(S(=O)(=O)N(C)C(C)C)cc2)CC1. The number of carbonyl (C=O) groups excluding carboxylic acids is 2. The number of hydrogen-bond donors (Lipinski definition) is 1. The number of anilines is 1. The molecule has 1 aliphatic rings. The highest BCUT2D eigenvalue weighted by Gasteiger charge is 2.27. The van der Waals surface area contributed by atoms with Crippen LogP contribution in [0.3, 0.4) is 0 Å². The van der Waals surface area contributed by atoms with Crippen molar-refractivity contribution in [1.82, 2.24) is 9.21 Å². The lowest BCUT2D eigenvalue weighted by Crippen LogP contribution is -2.41. The monoisotopic (exact) mass is 425 g/mol. The molecule has 1 aliphatic heterocycles. The third-order valence-corrected chi connectivity index (χ3v) is 7.16. The normalized spacial score (nSPS) is 16.2. The highest BCUT2D eigenvalue weighted by Crippen LogP contribution is 2.20. The van der Waals surface area contributed by atoms with E-state index in [1.165, 1.54) is 16.4 Å². The number of nitrogens with one attached hydrogen (secondary N) is 1. The number of rotatable bonds is 8. The summed E-state index contributed by atoms with van der Waals surface area (Å²) in [6, 6.07) is 6.02. The Kier molecular flexibility index (Phi) is 8.18. The van der Waals surface area contributed by atoms with Gasteiger partial charge in [0, 0.05) is 18.8 Å². The summed E-state index contributed by atoms with van der Waals surface area (Å²) in [5, 5.41) is 2.79. The number of amides is 1. The standard InChI is InChI=1S/C20H31N3O5S/c1-5-28-20(25)16-10-12-23(13-11-16)14-19(24)21-17-6-8-18(9-7-17)29(26,27)22(4)15(2)3/h6-9,15-16H,5,10-14H2,1-4H3,(H,21,24). The molecule has 0 aliphatic carbocycles. The first kappa shape index (κ1) is 23.3. The molecule has 0 aromatic heterocycles. The van der Waals surface area contributed by atoms with Gasteiger partial charge in [0.15, 0.2) is 0 Å². The number of benzene rings is 1. The second kappa shape index (κ2) is 10.2. The fourth-order valence-corrected chi connectivity index (χ4v) is 4.51. The van der Waals surface area contributed by atoms with E-state index in [1.807, 2.05) is 18.7 Å². The molecule has 1 aromatic carbocycles. The summed E-state index contributed by atoms with van der Waals surface area (Å²) in [5.74, 6) is -0.419. The van der Waals surface area contributed by atoms with E-state index in [9.17, 15) is 18.0 Å². The highest BCUT2D eigenvalue weighted by molar-refractivity contribution is 7.89. The summed E-state index contributed by atoms with van der Waals surface area (Å²) in [6.45, 7) is 7.34. The van der Waals surface area contributed by atoms with Gasteiger partial charge in [-0.2, -0.15) is 4.31 Å². The van der Waals surface area contributed by atoms with Crippen LogP contribution in [0.25, 0.3) is 0 Å². The smallest absolute Gasteiger partial charge is 0.309 e. The first-order valence-corrected chi connectivity index (χ1v) is 11.4. The largest absolute Gasteiger partial charge is 0.466 e. The van der Waals surface area contributed by atoms with E-state index < -0.39 is 10.0 Å². The molecule has 8 nitrogen and oxygen atoms in total. The Morgan fingerprint density at radius 3 is 2.31 bits per heavy atom. The Hall–Kier alpha value is -1.97. The molecule has 1 saturated heterocycles. The van der Waals surface area contributed by atoms with E-state index in [0.717, 1.165) is 0 Å². The summed E-state index contributed by atoms with van der Waals surface area (Å²) < 4.78 is 31.3. The van der Waals surface area contributed by atoms with E-state index in [1.54, 1.807) is 26.1 Å². The van der Waals surface area contributed by atoms with Gasteiger partial charge in [0.05, 0.1) is 24.0 Å². The maximum atomic E-state index is 12.5. The highest BCUT2D eigenvalue weighted by atomic mass is 32.2. The summed E-state index contributed by atoms with van der Waals surface area (Å²) in [5.41, 5.74) is 0.544. The van der Waals surface area contributed by atoms with Crippen LogP contribution in [-0.4, -0.2) is 68.8 Å². The van der Waals surface area contributed by atoms with Crippen LogP contribution in [0.5, 0.6) is 0 Å². The van der Waals surface area contributed by atoms with Crippen LogP contribution >= 0.6 is 0 Å². The van der Waals surface area contributed by atoms with Gasteiger partial charge in [-0.05, 0) is 71.0 Å². The van der Waals surface area contributed by atoms with Crippen molar-refractivity contribution in [2.75, 3.05) is 38.6 Å². The predicted octanol–water partition coefficient (Wildman–Crippen LogP) is 1.93. The van der Waals surface area contributed by atoms with Gasteiger partial charge in [0.2, 0.25) is 15.9 Å². The first-order chi connectivity index (χ1) is 13.6. The predicted molar refractivity (Wildman–Crippen MR) is 111 cm³/mol. The van der Waals surface area contributed by atoms with Crippen molar-refractivity contribution in [3.63, 3.8) is 0 Å². The van der Waals surface area contributed by atoms with Crippen molar-refractivity contribution in [1.29, 1.82) is 0 Å². The van der Waals surface area contributed by atoms with Crippen molar-refractivity contribution in [2.45, 2.75) is 44.6 Å². The number of ether oxygens (including phenoxy) is 1. The van der Waals surface area contributed by atoms with Gasteiger partial charge in [0.1, 0.15) is 0 Å². The lowest BCUT2D eigenvalue weighted by molar-refractivity contribution is -0.149. The van der Waals surface area contributed by atoms with Crippen molar-refractivity contribution in [3.05, 3.63) is 24.3 Å². The van der Waals surface area contributed by atoms with Crippen molar-refractivity contribution < 1.29 is 22.7 Å². The molecule has 29 heavy (non-hydrogen) atoms. The zero-order valence-electron chi connectivity index (χ0n) is 17.6. The van der Waals surface area contributed by atoms with Gasteiger partial charge in [-0.1, -0.05) is 0 Å². The topological polar surface area (TPSA) is 96.0 Å². The molecule has 0 bridgehead atoms. The summed E-state index contributed by atoms with van der Waals surface area (Å²) in [7, 11) is -2.01. The van der Waals surface area contributed by atoms with E-state index in [4.69, 9.17) is 4.74 Å². The van der Waals surface area contributed by atoms with Crippen molar-refractivity contribution >= 4 is 27.6 Å². The quantitative estimate of drug-likeness (QED) is 0.640. The molecule has 162 valence electrons. The fraction of sp³-hybridized carbons (Fsp3) is 0.600. The summed E-state index contributed by atoms with van der Waals surface area (Å²) in [6.07, 6.45) is 1.37. The second-order valence-corrected chi connectivity index (χ2v) is 9.49. The Balaban J connectivity index is 1.87. The zero-order valence-corrected chi connectivity index (χ0v) is 18.4. The summed E-state index contributed by atoms with van der Waals surface area (Å²) >= 11 is 0. The number of hydrogen-bond acceptors (Lipinski definition) is 6. The van der Waals surface area contributed by atoms with E-state index in [0.29, 0.717) is 38.2 Å². The van der Waals surface area contributed by atoms with Gasteiger partial charge in [-0.25, -0.2) is 8.42 Å². The van der Waals surface area contributed by atoms with Crippen LogP contribution in [0.1, 0.15) is 33.6 Å². The molecule has 1 N–H and O–H groups in total. The van der Waals surface area contributed by atoms with Gasteiger partial charge in [-0.3, -0.25) is 14.5 Å². The molecule has 0 radical (unpaired) electrons. The van der Waals surface area contributed by atoms with Crippen LogP contribution in [-0.2, 0) is 24.3 Å². The maximum absolute atomic E-state index is 12.5. The van der Waals surface area contributed by atoms with Gasteiger partial charge in [-0.15, -0.1) is 0 Å². The molecule has 1 amide bonds. The maximum Gasteiger partial charge on any atom is 0.309 e. The lowest BCUT2D eigenvalue weighted by atomic mass is 9.97. The molecule has 0 saturated carbocycles. The molecular weight excluding hydrogens is 394 g/mol. The zero-order chi connectivity index (χ0) is 21.6. The third-order valence-electron chi connectivity index (χ3n) is 5.12. The molecular formula is C20H31N3O5S. The fourth-order valence-electron chi connectivity index (χ4n) is 3.14. The van der Waals surface area contributed by atoms with Crippen LogP contribution in [0.4, 0.5) is 5.69 Å². The number of piperidine rings is 1. The average Bonchev–Trinajstić information content (AvgIpc) is 2.68. The molecule has 1 aromatic rings. The van der Waals surface area contributed by atoms with Crippen LogP contribution in [0.15, 0.2) is 29.2 Å². The first-order valence-electron chi connectivity index (χ1n) is 9.92. The Labute approximate surface area is 173 Å². The number of nitrogens with zero attached hydrogens (tertiary/aromatic N) is 2. The number of carbonyl (C=O) groups is 2. The Morgan fingerprint density at radius 2 is 1.79 bits per heavy atom. The number of likely N-dealkylation sites (tertiary alicyclic amines) is 1. The Morgan fingerprint density at radius 1 is 1.21 bits per heavy atom. The average molecular weight is 426 g/mol. The minimum absolute atomic E-state index is 0.0901. The molecule has 9 heteroatoms. The number of esters is 1. The molecule has 1 heterocycles. The van der Waals surface area contributed by atoms with Crippen molar-refractivity contribution in [2.24, 2.45) is 5.92 Å². The van der Waals surface area contributed by atoms with Gasteiger partial charge < -0.3 is 10.1 Å². The second-order valence-electron chi connectivity index (χ2n) is 7.49.